The number of ketones is 1. The summed E-state index contributed by atoms with van der Waals surface area (Å²) in [4.78, 5) is 22.3. The number of carbonyl (C=O) groups excluding carboxylic acids is 2. The zero-order valence-electron chi connectivity index (χ0n) is 9.44. The Hall–Kier alpha value is -1.88. The zero-order valence-corrected chi connectivity index (χ0v) is 10.2. The van der Waals surface area contributed by atoms with E-state index in [-0.39, 0.29) is 17.2 Å². The summed E-state index contributed by atoms with van der Waals surface area (Å²) in [6.07, 6.45) is 0.696. The topological polar surface area (TPSA) is 63.6 Å². The fraction of sp³-hybridized carbons (Fsp3) is 0.167. The second kappa shape index (κ2) is 6.16. The van der Waals surface area contributed by atoms with E-state index in [4.69, 9.17) is 11.6 Å². The maximum absolute atomic E-state index is 12.9. The summed E-state index contributed by atoms with van der Waals surface area (Å²) in [5, 5.41) is 9.38. The number of aliphatic hydroxyl groups is 1. The Balaban J connectivity index is 2.92. The number of aliphatic hydroxyl groups excluding tert-OH is 1. The fourth-order valence-corrected chi connectivity index (χ4v) is 1.30. The minimum absolute atomic E-state index is 0.0571. The number of carbonyl (C=O) groups is 2. The quantitative estimate of drug-likeness (QED) is 0.396. The minimum Gasteiger partial charge on any atom is -0.507 e. The van der Waals surface area contributed by atoms with Gasteiger partial charge in [0.1, 0.15) is 11.6 Å². The van der Waals surface area contributed by atoms with Crippen molar-refractivity contribution in [1.82, 2.24) is 0 Å². The normalized spacial score (nSPS) is 11.2. The molecule has 0 radical (unpaired) electrons. The van der Waals surface area contributed by atoms with Crippen molar-refractivity contribution in [3.05, 3.63) is 40.7 Å². The lowest BCUT2D eigenvalue weighted by molar-refractivity contribution is -0.151. The molecule has 96 valence electrons. The first-order valence-electron chi connectivity index (χ1n) is 5.03. The second-order valence-corrected chi connectivity index (χ2v) is 3.65. The molecule has 0 aliphatic heterocycles. The average Bonchev–Trinajstić information content (AvgIpc) is 2.32. The molecule has 1 aromatic carbocycles. The monoisotopic (exact) mass is 272 g/mol. The van der Waals surface area contributed by atoms with E-state index in [9.17, 15) is 19.1 Å². The molecule has 0 aliphatic rings. The van der Waals surface area contributed by atoms with Crippen LogP contribution in [0.15, 0.2) is 24.3 Å². The molecule has 0 aromatic heterocycles. The maximum Gasteiger partial charge on any atom is 0.379 e. The van der Waals surface area contributed by atoms with Crippen molar-refractivity contribution in [3.8, 4) is 0 Å². The van der Waals surface area contributed by atoms with Gasteiger partial charge in [0.2, 0.25) is 0 Å². The third kappa shape index (κ3) is 3.56. The number of esters is 1. The van der Waals surface area contributed by atoms with Crippen LogP contribution < -0.4 is 0 Å². The van der Waals surface area contributed by atoms with Crippen LogP contribution in [0, 0.1) is 5.82 Å². The molecular formula is C12H10ClFO4. The van der Waals surface area contributed by atoms with Gasteiger partial charge in [0.15, 0.2) is 0 Å². The Bertz CT molecular complexity index is 511. The summed E-state index contributed by atoms with van der Waals surface area (Å²) in [6.45, 7) is 1.61. The molecule has 18 heavy (non-hydrogen) atoms. The molecule has 6 heteroatoms. The van der Waals surface area contributed by atoms with Crippen molar-refractivity contribution in [2.75, 3.05) is 6.61 Å². The van der Waals surface area contributed by atoms with Crippen molar-refractivity contribution in [1.29, 1.82) is 0 Å². The molecule has 0 unspecified atom stereocenters. The lowest BCUT2D eigenvalue weighted by Gasteiger charge is -2.02. The fourth-order valence-electron chi connectivity index (χ4n) is 1.12. The van der Waals surface area contributed by atoms with Gasteiger partial charge >= 0.3 is 5.97 Å². The van der Waals surface area contributed by atoms with Gasteiger partial charge in [0.05, 0.1) is 11.6 Å². The molecule has 0 fully saturated rings. The lowest BCUT2D eigenvalue weighted by atomic mass is 10.1. The molecule has 0 saturated heterocycles. The van der Waals surface area contributed by atoms with Crippen molar-refractivity contribution >= 4 is 29.1 Å². The second-order valence-electron chi connectivity index (χ2n) is 3.24. The lowest BCUT2D eigenvalue weighted by Crippen LogP contribution is -2.15. The van der Waals surface area contributed by atoms with Crippen LogP contribution in [0.5, 0.6) is 0 Å². The predicted molar refractivity (Wildman–Crippen MR) is 63.7 cm³/mol. The Morgan fingerprint density at radius 2 is 2.17 bits per heavy atom. The molecule has 0 spiro atoms. The molecule has 0 bridgehead atoms. The number of ether oxygens (including phenoxy) is 1. The largest absolute Gasteiger partial charge is 0.507 e. The molecule has 1 aromatic rings. The van der Waals surface area contributed by atoms with Gasteiger partial charge in [-0.1, -0.05) is 11.6 Å². The van der Waals surface area contributed by atoms with E-state index in [2.05, 4.69) is 4.74 Å². The van der Waals surface area contributed by atoms with Crippen LogP contribution in [-0.4, -0.2) is 23.5 Å². The highest BCUT2D eigenvalue weighted by atomic mass is 35.5. The van der Waals surface area contributed by atoms with Crippen LogP contribution in [0.1, 0.15) is 12.5 Å². The van der Waals surface area contributed by atoms with E-state index in [0.717, 1.165) is 12.1 Å². The first kappa shape index (κ1) is 14.2. The smallest absolute Gasteiger partial charge is 0.379 e. The summed E-state index contributed by atoms with van der Waals surface area (Å²) >= 11 is 5.52. The van der Waals surface area contributed by atoms with Gasteiger partial charge in [0, 0.05) is 11.6 Å². The molecule has 1 rings (SSSR count). The third-order valence-corrected chi connectivity index (χ3v) is 2.25. The van der Waals surface area contributed by atoms with E-state index in [0.29, 0.717) is 6.08 Å². The Morgan fingerprint density at radius 1 is 1.50 bits per heavy atom. The highest BCUT2D eigenvalue weighted by Gasteiger charge is 2.14. The SMILES string of the molecule is CCOC(=O)C(=O)/C=C(\O)c1ccc(F)c(Cl)c1. The summed E-state index contributed by atoms with van der Waals surface area (Å²) in [5.74, 6) is -3.22. The van der Waals surface area contributed by atoms with Crippen LogP contribution >= 0.6 is 11.6 Å². The molecular weight excluding hydrogens is 263 g/mol. The highest BCUT2D eigenvalue weighted by molar-refractivity contribution is 6.39. The number of rotatable bonds is 4. The van der Waals surface area contributed by atoms with Crippen molar-refractivity contribution in [3.63, 3.8) is 0 Å². The Kier molecular flexibility index (Phi) is 4.85. The van der Waals surface area contributed by atoms with Gasteiger partial charge in [0.25, 0.3) is 5.78 Å². The standard InChI is InChI=1S/C12H10ClFO4/c1-2-18-12(17)11(16)6-10(15)7-3-4-9(14)8(13)5-7/h3-6,15H,2H2,1H3/b10-6-. The molecule has 0 saturated carbocycles. The van der Waals surface area contributed by atoms with E-state index >= 15 is 0 Å². The molecule has 0 amide bonds. The molecule has 0 heterocycles. The van der Waals surface area contributed by atoms with E-state index < -0.39 is 23.3 Å². The van der Waals surface area contributed by atoms with E-state index in [1.54, 1.807) is 6.92 Å². The summed E-state index contributed by atoms with van der Waals surface area (Å²) in [6, 6.07) is 3.41. The highest BCUT2D eigenvalue weighted by Crippen LogP contribution is 2.20. The predicted octanol–water partition coefficient (Wildman–Crippen LogP) is 2.51. The number of halogens is 2. The number of hydrogen-bond donors (Lipinski definition) is 1. The summed E-state index contributed by atoms with van der Waals surface area (Å²) in [7, 11) is 0. The zero-order chi connectivity index (χ0) is 13.7. The molecule has 1 N–H and O–H groups in total. The molecule has 0 atom stereocenters. The summed E-state index contributed by atoms with van der Waals surface area (Å²) < 4.78 is 17.3. The molecule has 4 nitrogen and oxygen atoms in total. The Morgan fingerprint density at radius 3 is 2.72 bits per heavy atom. The van der Waals surface area contributed by atoms with Gasteiger partial charge in [-0.15, -0.1) is 0 Å². The van der Waals surface area contributed by atoms with E-state index in [1.807, 2.05) is 0 Å². The van der Waals surface area contributed by atoms with Crippen molar-refractivity contribution in [2.24, 2.45) is 0 Å². The van der Waals surface area contributed by atoms with Crippen LogP contribution in [-0.2, 0) is 14.3 Å². The first-order chi connectivity index (χ1) is 8.45. The van der Waals surface area contributed by atoms with Gasteiger partial charge in [-0.3, -0.25) is 4.79 Å². The Labute approximate surface area is 108 Å². The van der Waals surface area contributed by atoms with Gasteiger partial charge in [-0.2, -0.15) is 0 Å². The van der Waals surface area contributed by atoms with Crippen molar-refractivity contribution in [2.45, 2.75) is 6.92 Å². The average molecular weight is 273 g/mol. The van der Waals surface area contributed by atoms with Gasteiger partial charge < -0.3 is 9.84 Å². The van der Waals surface area contributed by atoms with Gasteiger partial charge in [-0.05, 0) is 25.1 Å². The third-order valence-electron chi connectivity index (χ3n) is 1.96. The van der Waals surface area contributed by atoms with Crippen LogP contribution in [0.3, 0.4) is 0 Å². The van der Waals surface area contributed by atoms with Gasteiger partial charge in [-0.25, -0.2) is 9.18 Å². The van der Waals surface area contributed by atoms with Crippen LogP contribution in [0.25, 0.3) is 5.76 Å². The van der Waals surface area contributed by atoms with E-state index in [1.165, 1.54) is 6.07 Å². The maximum atomic E-state index is 12.9. The number of benzene rings is 1. The summed E-state index contributed by atoms with van der Waals surface area (Å²) in [5.41, 5.74) is 0.124. The molecule has 0 aliphatic carbocycles. The van der Waals surface area contributed by atoms with Crippen molar-refractivity contribution < 1.29 is 23.8 Å². The minimum atomic E-state index is -1.07. The number of hydrogen-bond acceptors (Lipinski definition) is 4. The van der Waals surface area contributed by atoms with Crippen LogP contribution in [0.2, 0.25) is 5.02 Å². The first-order valence-corrected chi connectivity index (χ1v) is 5.40. The van der Waals surface area contributed by atoms with Crippen LogP contribution in [0.4, 0.5) is 4.39 Å².